The molecule has 0 unspecified atom stereocenters. The Morgan fingerprint density at radius 1 is 0.909 bits per heavy atom. The Balaban J connectivity index is 1.61. The minimum Gasteiger partial charge on any atom is -0.494 e. The van der Waals surface area contributed by atoms with Gasteiger partial charge in [0.2, 0.25) is 0 Å². The van der Waals surface area contributed by atoms with Crippen LogP contribution in [-0.2, 0) is 4.74 Å². The number of carbonyl (C=O) groups excluding carboxylic acids is 2. The molecule has 7 heteroatoms. The van der Waals surface area contributed by atoms with E-state index >= 15 is 0 Å². The first-order valence-electron chi connectivity index (χ1n) is 10.2. The summed E-state index contributed by atoms with van der Waals surface area (Å²) in [7, 11) is 0. The van der Waals surface area contributed by atoms with Crippen molar-refractivity contribution < 1.29 is 19.1 Å². The van der Waals surface area contributed by atoms with Gasteiger partial charge in [-0.15, -0.1) is 0 Å². The van der Waals surface area contributed by atoms with Crippen molar-refractivity contribution in [2.45, 2.75) is 6.92 Å². The van der Waals surface area contributed by atoms with Crippen molar-refractivity contribution in [3.8, 4) is 17.0 Å². The summed E-state index contributed by atoms with van der Waals surface area (Å²) in [4.78, 5) is 30.1. The van der Waals surface area contributed by atoms with Crippen LogP contribution in [0, 0.1) is 0 Å². The number of halogens is 2. The number of hydrogen-bond donors (Lipinski definition) is 0. The molecule has 0 atom stereocenters. The SMILES string of the molecule is CCOc1ccc(-c2cc(C(=O)OCC(=O)c3ccc(Cl)c(Cl)c3)c3ccccc3n2)cc1. The number of esters is 1. The van der Waals surface area contributed by atoms with Crippen LogP contribution in [0.25, 0.3) is 22.2 Å². The van der Waals surface area contributed by atoms with Gasteiger partial charge >= 0.3 is 5.97 Å². The molecule has 1 heterocycles. The highest BCUT2D eigenvalue weighted by Crippen LogP contribution is 2.27. The summed E-state index contributed by atoms with van der Waals surface area (Å²) in [6.45, 7) is 2.07. The quantitative estimate of drug-likeness (QED) is 0.219. The third-order valence-corrected chi connectivity index (χ3v) is 5.71. The Labute approximate surface area is 200 Å². The van der Waals surface area contributed by atoms with Crippen molar-refractivity contribution in [1.82, 2.24) is 4.98 Å². The molecule has 4 rings (SSSR count). The lowest BCUT2D eigenvalue weighted by atomic mass is 10.0. The fourth-order valence-corrected chi connectivity index (χ4v) is 3.64. The van der Waals surface area contributed by atoms with Crippen LogP contribution in [0.4, 0.5) is 0 Å². The highest BCUT2D eigenvalue weighted by molar-refractivity contribution is 6.42. The zero-order valence-corrected chi connectivity index (χ0v) is 19.2. The van der Waals surface area contributed by atoms with Gasteiger partial charge in [-0.25, -0.2) is 9.78 Å². The fourth-order valence-electron chi connectivity index (χ4n) is 3.34. The molecule has 0 spiro atoms. The maximum absolute atomic E-state index is 13.0. The largest absolute Gasteiger partial charge is 0.494 e. The van der Waals surface area contributed by atoms with E-state index in [1.165, 1.54) is 18.2 Å². The molecule has 166 valence electrons. The molecule has 0 bridgehead atoms. The zero-order chi connectivity index (χ0) is 23.4. The smallest absolute Gasteiger partial charge is 0.339 e. The average Bonchev–Trinajstić information content (AvgIpc) is 2.84. The lowest BCUT2D eigenvalue weighted by Gasteiger charge is -2.11. The van der Waals surface area contributed by atoms with E-state index in [1.54, 1.807) is 12.1 Å². The van der Waals surface area contributed by atoms with Crippen LogP contribution in [-0.4, -0.2) is 30.0 Å². The second kappa shape index (κ2) is 10.0. The summed E-state index contributed by atoms with van der Waals surface area (Å²) in [6.07, 6.45) is 0. The number of pyridine rings is 1. The summed E-state index contributed by atoms with van der Waals surface area (Å²) < 4.78 is 10.8. The molecule has 5 nitrogen and oxygen atoms in total. The van der Waals surface area contributed by atoms with Crippen LogP contribution < -0.4 is 4.74 Å². The van der Waals surface area contributed by atoms with Gasteiger partial charge in [0.1, 0.15) is 5.75 Å². The molecule has 0 aliphatic heterocycles. The first-order valence-corrected chi connectivity index (χ1v) is 11.0. The van der Waals surface area contributed by atoms with E-state index in [1.807, 2.05) is 49.4 Å². The summed E-state index contributed by atoms with van der Waals surface area (Å²) in [6, 6.07) is 20.9. The number of hydrogen-bond acceptors (Lipinski definition) is 5. The van der Waals surface area contributed by atoms with E-state index in [2.05, 4.69) is 4.98 Å². The number of ketones is 1. The van der Waals surface area contributed by atoms with Crippen LogP contribution in [0.15, 0.2) is 72.8 Å². The molecular weight excluding hydrogens is 461 g/mol. The molecule has 0 amide bonds. The Kier molecular flexibility index (Phi) is 6.92. The Morgan fingerprint density at radius 3 is 2.39 bits per heavy atom. The van der Waals surface area contributed by atoms with E-state index in [4.69, 9.17) is 32.7 Å². The van der Waals surface area contributed by atoms with Crippen molar-refractivity contribution in [2.24, 2.45) is 0 Å². The normalized spacial score (nSPS) is 10.8. The molecule has 1 aromatic heterocycles. The van der Waals surface area contributed by atoms with Crippen LogP contribution in [0.1, 0.15) is 27.6 Å². The predicted octanol–water partition coefficient (Wildman–Crippen LogP) is 6.65. The number of carbonyl (C=O) groups is 2. The van der Waals surface area contributed by atoms with Gasteiger partial charge in [0.15, 0.2) is 12.4 Å². The van der Waals surface area contributed by atoms with Crippen molar-refractivity contribution in [2.75, 3.05) is 13.2 Å². The van der Waals surface area contributed by atoms with Gasteiger partial charge in [-0.2, -0.15) is 0 Å². The Hall–Kier alpha value is -3.41. The maximum Gasteiger partial charge on any atom is 0.339 e. The minimum absolute atomic E-state index is 0.258. The zero-order valence-electron chi connectivity index (χ0n) is 17.7. The number of ether oxygens (including phenoxy) is 2. The first-order chi connectivity index (χ1) is 16.0. The van der Waals surface area contributed by atoms with Gasteiger partial charge in [-0.3, -0.25) is 4.79 Å². The minimum atomic E-state index is -0.616. The molecule has 0 saturated carbocycles. The highest BCUT2D eigenvalue weighted by Gasteiger charge is 2.17. The fraction of sp³-hybridized carbons (Fsp3) is 0.115. The number of para-hydroxylation sites is 1. The van der Waals surface area contributed by atoms with E-state index in [-0.39, 0.29) is 10.8 Å². The van der Waals surface area contributed by atoms with E-state index in [0.717, 1.165) is 11.3 Å². The third-order valence-electron chi connectivity index (χ3n) is 4.97. The van der Waals surface area contributed by atoms with Crippen LogP contribution >= 0.6 is 23.2 Å². The second-order valence-electron chi connectivity index (χ2n) is 7.16. The Morgan fingerprint density at radius 2 is 1.67 bits per heavy atom. The van der Waals surface area contributed by atoms with Crippen LogP contribution in [0.3, 0.4) is 0 Å². The second-order valence-corrected chi connectivity index (χ2v) is 7.97. The monoisotopic (exact) mass is 479 g/mol. The molecule has 4 aromatic rings. The number of rotatable bonds is 7. The summed E-state index contributed by atoms with van der Waals surface area (Å²) >= 11 is 11.9. The molecule has 3 aromatic carbocycles. The molecule has 0 fully saturated rings. The topological polar surface area (TPSA) is 65.5 Å². The summed E-state index contributed by atoms with van der Waals surface area (Å²) in [5.41, 5.74) is 2.72. The number of Topliss-reactive ketones (excluding diaryl/α,β-unsaturated/α-hetero) is 1. The van der Waals surface area contributed by atoms with Gasteiger partial charge < -0.3 is 9.47 Å². The molecule has 0 aliphatic carbocycles. The first kappa shape index (κ1) is 22.8. The number of fused-ring (bicyclic) bond motifs is 1. The number of benzene rings is 3. The van der Waals surface area contributed by atoms with Gasteiger partial charge in [-0.1, -0.05) is 41.4 Å². The molecular formula is C26H19Cl2NO4. The van der Waals surface area contributed by atoms with Crippen molar-refractivity contribution >= 4 is 45.9 Å². The molecule has 33 heavy (non-hydrogen) atoms. The Bertz CT molecular complexity index is 1340. The van der Waals surface area contributed by atoms with Crippen molar-refractivity contribution in [3.63, 3.8) is 0 Å². The van der Waals surface area contributed by atoms with E-state index in [9.17, 15) is 9.59 Å². The van der Waals surface area contributed by atoms with Crippen molar-refractivity contribution in [3.05, 3.63) is 94.0 Å². The van der Waals surface area contributed by atoms with Crippen LogP contribution in [0.2, 0.25) is 10.0 Å². The lowest BCUT2D eigenvalue weighted by Crippen LogP contribution is -2.15. The predicted molar refractivity (Wildman–Crippen MR) is 129 cm³/mol. The summed E-state index contributed by atoms with van der Waals surface area (Å²) in [5.74, 6) is -0.247. The van der Waals surface area contributed by atoms with E-state index < -0.39 is 12.6 Å². The average molecular weight is 480 g/mol. The molecule has 0 saturated heterocycles. The summed E-state index contributed by atoms with van der Waals surface area (Å²) in [5, 5.41) is 1.24. The standard InChI is InChI=1S/C26H19Cl2NO4/c1-2-32-18-10-7-16(8-11-18)24-14-20(19-5-3-4-6-23(19)29-24)26(31)33-15-25(30)17-9-12-21(27)22(28)13-17/h3-14H,2,15H2,1H3. The third kappa shape index (κ3) is 5.16. The highest BCUT2D eigenvalue weighted by atomic mass is 35.5. The number of nitrogens with zero attached hydrogens (tertiary/aromatic N) is 1. The molecule has 0 N–H and O–H groups in total. The van der Waals surface area contributed by atoms with E-state index in [0.29, 0.717) is 39.4 Å². The van der Waals surface area contributed by atoms with Gasteiger partial charge in [0.25, 0.3) is 0 Å². The van der Waals surface area contributed by atoms with Crippen molar-refractivity contribution in [1.29, 1.82) is 0 Å². The molecule has 0 aliphatic rings. The van der Waals surface area contributed by atoms with Crippen LogP contribution in [0.5, 0.6) is 5.75 Å². The lowest BCUT2D eigenvalue weighted by molar-refractivity contribution is 0.0476. The maximum atomic E-state index is 13.0. The van der Waals surface area contributed by atoms with Gasteiger partial charge in [0.05, 0.1) is 33.4 Å². The van der Waals surface area contributed by atoms with Gasteiger partial charge in [-0.05, 0) is 61.5 Å². The number of aromatic nitrogens is 1. The molecule has 0 radical (unpaired) electrons. The van der Waals surface area contributed by atoms with Gasteiger partial charge in [0, 0.05) is 16.5 Å².